The summed E-state index contributed by atoms with van der Waals surface area (Å²) in [5.41, 5.74) is 9.73. The van der Waals surface area contributed by atoms with Crippen LogP contribution >= 0.6 is 0 Å². The number of benzene rings is 2. The topological polar surface area (TPSA) is 86.9 Å². The molecule has 188 valence electrons. The first-order valence-corrected chi connectivity index (χ1v) is 12.9. The zero-order valence-electron chi connectivity index (χ0n) is 20.2. The van der Waals surface area contributed by atoms with Gasteiger partial charge in [-0.2, -0.15) is 0 Å². The van der Waals surface area contributed by atoms with Crippen LogP contribution in [0.5, 0.6) is 0 Å². The van der Waals surface area contributed by atoms with E-state index in [0.29, 0.717) is 37.3 Å². The number of carbonyl (C=O) groups excluding carboxylic acids is 1. The summed E-state index contributed by atoms with van der Waals surface area (Å²) < 4.78 is 11.8. The van der Waals surface area contributed by atoms with Crippen LogP contribution in [0.25, 0.3) is 0 Å². The number of hydrogen-bond donors (Lipinski definition) is 4. The summed E-state index contributed by atoms with van der Waals surface area (Å²) in [4.78, 5) is 15.2. The average molecular weight is 480 g/mol. The minimum atomic E-state index is -0.0736. The fourth-order valence-corrected chi connectivity index (χ4v) is 5.33. The maximum atomic E-state index is 12.9. The molecule has 2 aromatic carbocycles. The largest absolute Gasteiger partial charge is 0.376 e. The summed E-state index contributed by atoms with van der Waals surface area (Å²) in [6, 6.07) is 18.4. The third kappa shape index (κ3) is 6.39. The van der Waals surface area contributed by atoms with Gasteiger partial charge in [-0.3, -0.25) is 10.2 Å². The first kappa shape index (κ1) is 24.2. The summed E-state index contributed by atoms with van der Waals surface area (Å²) >= 11 is 0. The van der Waals surface area contributed by atoms with Crippen LogP contribution in [0.15, 0.2) is 54.6 Å². The predicted molar refractivity (Wildman–Crippen MR) is 136 cm³/mol. The van der Waals surface area contributed by atoms with Crippen LogP contribution in [-0.4, -0.2) is 63.6 Å². The number of fused-ring (bicyclic) bond motifs is 1. The lowest BCUT2D eigenvalue weighted by molar-refractivity contribution is -0.0239. The normalized spacial score (nSPS) is 26.3. The number of carbonyl (C=O) groups is 1. The number of nitrogens with zero attached hydrogens (tertiary/aromatic N) is 1. The van der Waals surface area contributed by atoms with Crippen molar-refractivity contribution in [1.82, 2.24) is 21.5 Å². The van der Waals surface area contributed by atoms with E-state index in [1.54, 1.807) is 0 Å². The van der Waals surface area contributed by atoms with Crippen molar-refractivity contribution in [2.45, 2.75) is 44.2 Å². The third-order valence-electron chi connectivity index (χ3n) is 7.30. The lowest BCUT2D eigenvalue weighted by atomic mass is 9.82. The van der Waals surface area contributed by atoms with Crippen LogP contribution in [0, 0.1) is 5.92 Å². The molecule has 3 fully saturated rings. The zero-order valence-corrected chi connectivity index (χ0v) is 20.2. The molecule has 2 heterocycles. The molecule has 0 spiro atoms. The van der Waals surface area contributed by atoms with Gasteiger partial charge in [-0.15, -0.1) is 0 Å². The third-order valence-corrected chi connectivity index (χ3v) is 7.30. The first-order chi connectivity index (χ1) is 17.3. The molecule has 0 bridgehead atoms. The SMILES string of the molecule is O=C(NC1NNC2CC(OCCOCc3ccccc3)CCC21)c1ccc(N2CCNCC2)cc1. The van der Waals surface area contributed by atoms with Crippen LogP contribution < -0.4 is 26.4 Å². The fraction of sp³-hybridized carbons (Fsp3) is 0.519. The Morgan fingerprint density at radius 1 is 0.971 bits per heavy atom. The van der Waals surface area contributed by atoms with E-state index in [9.17, 15) is 4.79 Å². The smallest absolute Gasteiger partial charge is 0.252 e. The number of piperazine rings is 1. The van der Waals surface area contributed by atoms with Crippen molar-refractivity contribution in [2.24, 2.45) is 5.92 Å². The van der Waals surface area contributed by atoms with Gasteiger partial charge >= 0.3 is 0 Å². The number of rotatable bonds is 9. The molecular weight excluding hydrogens is 442 g/mol. The molecule has 8 nitrogen and oxygen atoms in total. The van der Waals surface area contributed by atoms with Gasteiger partial charge in [0.25, 0.3) is 5.91 Å². The molecular formula is C27H37N5O3. The van der Waals surface area contributed by atoms with Crippen molar-refractivity contribution in [2.75, 3.05) is 44.3 Å². The highest BCUT2D eigenvalue weighted by Gasteiger charge is 2.41. The lowest BCUT2D eigenvalue weighted by Crippen LogP contribution is -2.47. The molecule has 5 rings (SSSR count). The quantitative estimate of drug-likeness (QED) is 0.410. The molecule has 4 N–H and O–H groups in total. The number of hydrazine groups is 1. The predicted octanol–water partition coefficient (Wildman–Crippen LogP) is 2.03. The van der Waals surface area contributed by atoms with Gasteiger partial charge in [0.1, 0.15) is 0 Å². The molecule has 0 aromatic heterocycles. The summed E-state index contributed by atoms with van der Waals surface area (Å²) in [5.74, 6) is 0.319. The number of hydrogen-bond acceptors (Lipinski definition) is 7. The zero-order chi connectivity index (χ0) is 23.9. The molecule has 1 amide bonds. The Labute approximate surface area is 207 Å². The molecule has 0 radical (unpaired) electrons. The van der Waals surface area contributed by atoms with Crippen molar-refractivity contribution in [3.8, 4) is 0 Å². The fourth-order valence-electron chi connectivity index (χ4n) is 5.33. The molecule has 4 unspecified atom stereocenters. The molecule has 1 saturated carbocycles. The van der Waals surface area contributed by atoms with Gasteiger partial charge in [0.15, 0.2) is 0 Å². The minimum absolute atomic E-state index is 0.0363. The maximum absolute atomic E-state index is 12.9. The van der Waals surface area contributed by atoms with Crippen molar-refractivity contribution in [3.05, 3.63) is 65.7 Å². The van der Waals surface area contributed by atoms with Crippen LogP contribution in [0.4, 0.5) is 5.69 Å². The minimum Gasteiger partial charge on any atom is -0.376 e. The lowest BCUT2D eigenvalue weighted by Gasteiger charge is -2.33. The van der Waals surface area contributed by atoms with E-state index in [1.165, 1.54) is 11.3 Å². The Hall–Kier alpha value is -2.49. The Balaban J connectivity index is 1.03. The number of ether oxygens (including phenoxy) is 2. The Morgan fingerprint density at radius 2 is 1.77 bits per heavy atom. The van der Waals surface area contributed by atoms with Gasteiger partial charge in [0.2, 0.25) is 0 Å². The second-order valence-electron chi connectivity index (χ2n) is 9.64. The maximum Gasteiger partial charge on any atom is 0.252 e. The Kier molecular flexibility index (Phi) is 8.28. The van der Waals surface area contributed by atoms with E-state index >= 15 is 0 Å². The van der Waals surface area contributed by atoms with E-state index in [2.05, 4.69) is 50.7 Å². The molecule has 1 aliphatic carbocycles. The van der Waals surface area contributed by atoms with Gasteiger partial charge in [-0.25, -0.2) is 5.43 Å². The van der Waals surface area contributed by atoms with Crippen LogP contribution in [0.3, 0.4) is 0 Å². The van der Waals surface area contributed by atoms with Crippen molar-refractivity contribution < 1.29 is 14.3 Å². The van der Waals surface area contributed by atoms with Crippen molar-refractivity contribution in [1.29, 1.82) is 0 Å². The van der Waals surface area contributed by atoms with E-state index in [1.807, 2.05) is 30.3 Å². The van der Waals surface area contributed by atoms with Crippen LogP contribution in [0.1, 0.15) is 35.2 Å². The van der Waals surface area contributed by atoms with Gasteiger partial charge in [-0.1, -0.05) is 30.3 Å². The van der Waals surface area contributed by atoms with Gasteiger partial charge in [0.05, 0.1) is 32.1 Å². The first-order valence-electron chi connectivity index (χ1n) is 12.9. The van der Waals surface area contributed by atoms with Gasteiger partial charge in [0, 0.05) is 49.4 Å². The molecule has 2 saturated heterocycles. The van der Waals surface area contributed by atoms with E-state index < -0.39 is 0 Å². The summed E-state index contributed by atoms with van der Waals surface area (Å²) in [6.07, 6.45) is 3.08. The molecule has 8 heteroatoms. The van der Waals surface area contributed by atoms with Crippen LogP contribution in [0.2, 0.25) is 0 Å². The summed E-state index contributed by atoms with van der Waals surface area (Å²) in [7, 11) is 0. The van der Waals surface area contributed by atoms with Crippen LogP contribution in [-0.2, 0) is 16.1 Å². The molecule has 2 aromatic rings. The highest BCUT2D eigenvalue weighted by molar-refractivity contribution is 5.94. The highest BCUT2D eigenvalue weighted by Crippen LogP contribution is 2.31. The van der Waals surface area contributed by atoms with Crippen molar-refractivity contribution >= 4 is 11.6 Å². The van der Waals surface area contributed by atoms with E-state index in [4.69, 9.17) is 9.47 Å². The molecule has 3 aliphatic rings. The number of anilines is 1. The number of amides is 1. The second kappa shape index (κ2) is 12.0. The average Bonchev–Trinajstić information content (AvgIpc) is 3.31. The standard InChI is InChI=1S/C27H37N5O3/c33-27(21-6-8-22(9-7-21)32-14-12-28-13-15-32)29-26-24-11-10-23(18-25(24)30-31-26)35-17-16-34-19-20-4-2-1-3-5-20/h1-9,23-26,28,30-31H,10-19H2,(H,29,33). The van der Waals surface area contributed by atoms with Gasteiger partial charge in [-0.05, 0) is 49.1 Å². The number of nitrogens with one attached hydrogen (secondary N) is 4. The molecule has 2 aliphatic heterocycles. The second-order valence-corrected chi connectivity index (χ2v) is 9.64. The Bertz CT molecular complexity index is 936. The van der Waals surface area contributed by atoms with E-state index in [-0.39, 0.29) is 18.2 Å². The summed E-state index contributed by atoms with van der Waals surface area (Å²) in [6.45, 7) is 5.81. The molecule has 4 atom stereocenters. The van der Waals surface area contributed by atoms with Gasteiger partial charge < -0.3 is 25.0 Å². The van der Waals surface area contributed by atoms with E-state index in [0.717, 1.165) is 45.4 Å². The Morgan fingerprint density at radius 3 is 2.57 bits per heavy atom. The van der Waals surface area contributed by atoms with Crippen molar-refractivity contribution in [3.63, 3.8) is 0 Å². The molecule has 35 heavy (non-hydrogen) atoms. The summed E-state index contributed by atoms with van der Waals surface area (Å²) in [5, 5.41) is 6.56. The highest BCUT2D eigenvalue weighted by atomic mass is 16.5. The monoisotopic (exact) mass is 479 g/mol.